The Labute approximate surface area is 175 Å². The lowest BCUT2D eigenvalue weighted by Gasteiger charge is -2.14. The third kappa shape index (κ3) is 4.27. The maximum Gasteiger partial charge on any atom is 0.270 e. The number of hydrogen-bond donors (Lipinski definition) is 1. The molecule has 0 bridgehead atoms. The van der Waals surface area contributed by atoms with E-state index in [1.807, 2.05) is 74.8 Å². The lowest BCUT2D eigenvalue weighted by atomic mass is 10.1. The van der Waals surface area contributed by atoms with E-state index in [4.69, 9.17) is 4.74 Å². The molecule has 6 nitrogen and oxygen atoms in total. The second-order valence-corrected chi connectivity index (χ2v) is 7.18. The zero-order chi connectivity index (χ0) is 20.9. The van der Waals surface area contributed by atoms with E-state index in [0.29, 0.717) is 12.2 Å². The molecule has 0 saturated carbocycles. The number of pyridine rings is 3. The number of nitrogens with zero attached hydrogens (tertiary/aromatic N) is 2. The van der Waals surface area contributed by atoms with Crippen LogP contribution >= 0.6 is 0 Å². The van der Waals surface area contributed by atoms with Crippen LogP contribution in [-0.2, 0) is 6.54 Å². The van der Waals surface area contributed by atoms with E-state index < -0.39 is 0 Å². The summed E-state index contributed by atoms with van der Waals surface area (Å²) < 4.78 is 5.83. The minimum atomic E-state index is -0.240. The molecule has 1 aromatic carbocycles. The number of carbonyl (C=O) groups is 1. The first-order chi connectivity index (χ1) is 14.6. The average molecular weight is 399 g/mol. The zero-order valence-electron chi connectivity index (χ0n) is 16.9. The Morgan fingerprint density at radius 1 is 1.07 bits per heavy atom. The highest BCUT2D eigenvalue weighted by Crippen LogP contribution is 2.24. The van der Waals surface area contributed by atoms with Crippen molar-refractivity contribution in [2.45, 2.75) is 26.5 Å². The third-order valence-electron chi connectivity index (χ3n) is 4.60. The highest BCUT2D eigenvalue weighted by Gasteiger charge is 2.15. The van der Waals surface area contributed by atoms with Gasteiger partial charge in [0.25, 0.3) is 5.91 Å². The molecule has 0 aliphatic rings. The van der Waals surface area contributed by atoms with E-state index in [2.05, 4.69) is 20.3 Å². The van der Waals surface area contributed by atoms with Crippen molar-refractivity contribution in [3.8, 4) is 17.0 Å². The van der Waals surface area contributed by atoms with Gasteiger partial charge in [0.2, 0.25) is 0 Å². The Kier molecular flexibility index (Phi) is 5.66. The predicted octanol–water partition coefficient (Wildman–Crippen LogP) is 3.83. The van der Waals surface area contributed by atoms with Gasteiger partial charge < -0.3 is 10.1 Å². The standard InChI is InChI=1S/C24H22N4O2/c1-16(2)30-22-9-4-3-7-17(22)14-27-24(29)21-11-10-18-13-25-15-19(23(18)28-21)20-8-5-6-12-26-20/h3-13,15-16H,14H2,1-2H3,(H,27,29)/p+1. The first kappa shape index (κ1) is 19.5. The Hall–Kier alpha value is -3.80. The molecule has 0 fully saturated rings. The smallest absolute Gasteiger partial charge is 0.270 e. The summed E-state index contributed by atoms with van der Waals surface area (Å²) in [7, 11) is 0. The molecule has 0 aliphatic heterocycles. The van der Waals surface area contributed by atoms with E-state index >= 15 is 0 Å². The molecule has 0 atom stereocenters. The predicted molar refractivity (Wildman–Crippen MR) is 115 cm³/mol. The molecule has 4 rings (SSSR count). The molecule has 6 heteroatoms. The largest absolute Gasteiger partial charge is 0.491 e. The molecule has 2 N–H and O–H groups in total. The maximum absolute atomic E-state index is 12.8. The van der Waals surface area contributed by atoms with Gasteiger partial charge in [0, 0.05) is 18.3 Å². The van der Waals surface area contributed by atoms with Crippen LogP contribution in [0.2, 0.25) is 0 Å². The number of amides is 1. The van der Waals surface area contributed by atoms with E-state index in [9.17, 15) is 4.79 Å². The van der Waals surface area contributed by atoms with E-state index in [1.165, 1.54) is 0 Å². The lowest BCUT2D eigenvalue weighted by molar-refractivity contribution is -0.375. The monoisotopic (exact) mass is 399 g/mol. The van der Waals surface area contributed by atoms with Crippen molar-refractivity contribution in [1.82, 2.24) is 15.3 Å². The van der Waals surface area contributed by atoms with Gasteiger partial charge in [-0.3, -0.25) is 9.78 Å². The fraction of sp³-hybridized carbons (Fsp3) is 0.167. The average Bonchev–Trinajstić information content (AvgIpc) is 2.77. The number of H-pyrrole nitrogens is 1. The number of para-hydroxylation sites is 1. The number of ether oxygens (including phenoxy) is 1. The highest BCUT2D eigenvalue weighted by atomic mass is 16.5. The van der Waals surface area contributed by atoms with Gasteiger partial charge in [0.05, 0.1) is 28.3 Å². The second kappa shape index (κ2) is 8.69. The second-order valence-electron chi connectivity index (χ2n) is 7.18. The van der Waals surface area contributed by atoms with Crippen molar-refractivity contribution < 1.29 is 14.5 Å². The van der Waals surface area contributed by atoms with Gasteiger partial charge >= 0.3 is 0 Å². The molecule has 150 valence electrons. The van der Waals surface area contributed by atoms with E-state index in [0.717, 1.165) is 33.5 Å². The van der Waals surface area contributed by atoms with Crippen molar-refractivity contribution in [3.05, 3.63) is 84.4 Å². The van der Waals surface area contributed by atoms with Crippen molar-refractivity contribution in [3.63, 3.8) is 0 Å². The van der Waals surface area contributed by atoms with Crippen LogP contribution in [0.15, 0.2) is 73.2 Å². The summed E-state index contributed by atoms with van der Waals surface area (Å²) in [5.41, 5.74) is 3.64. The zero-order valence-corrected chi connectivity index (χ0v) is 16.9. The molecule has 0 aliphatic carbocycles. The molecule has 0 saturated heterocycles. The number of hydrogen-bond acceptors (Lipinski definition) is 4. The normalized spacial score (nSPS) is 10.9. The fourth-order valence-corrected chi connectivity index (χ4v) is 3.21. The van der Waals surface area contributed by atoms with E-state index in [1.54, 1.807) is 12.3 Å². The molecule has 0 radical (unpaired) electrons. The number of rotatable bonds is 6. The van der Waals surface area contributed by atoms with Crippen molar-refractivity contribution >= 4 is 16.8 Å². The van der Waals surface area contributed by atoms with Gasteiger partial charge in [-0.1, -0.05) is 24.3 Å². The SMILES string of the molecule is CC(C)Oc1ccccc1CNC(=O)c1ccc2c[nH+]cc(-c3ccccn3)c2n1. The van der Waals surface area contributed by atoms with Crippen LogP contribution < -0.4 is 15.0 Å². The molecule has 30 heavy (non-hydrogen) atoms. The third-order valence-corrected chi connectivity index (χ3v) is 4.60. The van der Waals surface area contributed by atoms with Crippen LogP contribution in [0.1, 0.15) is 29.9 Å². The van der Waals surface area contributed by atoms with Gasteiger partial charge in [-0.15, -0.1) is 0 Å². The van der Waals surface area contributed by atoms with Crippen LogP contribution in [0.3, 0.4) is 0 Å². The van der Waals surface area contributed by atoms with Crippen LogP contribution in [0.25, 0.3) is 22.2 Å². The number of nitrogens with one attached hydrogen (secondary N) is 2. The summed E-state index contributed by atoms with van der Waals surface area (Å²) >= 11 is 0. The minimum absolute atomic E-state index is 0.0610. The number of aromatic nitrogens is 3. The fourth-order valence-electron chi connectivity index (χ4n) is 3.21. The molecular weight excluding hydrogens is 376 g/mol. The van der Waals surface area contributed by atoms with Crippen molar-refractivity contribution in [1.29, 1.82) is 0 Å². The van der Waals surface area contributed by atoms with Crippen LogP contribution in [0.4, 0.5) is 0 Å². The summed E-state index contributed by atoms with van der Waals surface area (Å²) in [6.45, 7) is 4.31. The molecule has 0 unspecified atom stereocenters. The Balaban J connectivity index is 1.59. The Morgan fingerprint density at radius 3 is 2.70 bits per heavy atom. The van der Waals surface area contributed by atoms with Crippen LogP contribution in [0.5, 0.6) is 5.75 Å². The number of carbonyl (C=O) groups excluding carboxylic acids is 1. The Bertz CT molecular complexity index is 1180. The molecule has 3 heterocycles. The highest BCUT2D eigenvalue weighted by molar-refractivity contribution is 5.97. The summed E-state index contributed by atoms with van der Waals surface area (Å²) in [4.78, 5) is 25.0. The topological polar surface area (TPSA) is 78.2 Å². The minimum Gasteiger partial charge on any atom is -0.491 e. The Morgan fingerprint density at radius 2 is 1.90 bits per heavy atom. The van der Waals surface area contributed by atoms with Crippen molar-refractivity contribution in [2.75, 3.05) is 0 Å². The van der Waals surface area contributed by atoms with Crippen LogP contribution in [0, 0.1) is 0 Å². The summed E-state index contributed by atoms with van der Waals surface area (Å²) in [5, 5.41) is 3.86. The summed E-state index contributed by atoms with van der Waals surface area (Å²) in [6, 6.07) is 17.0. The molecule has 1 amide bonds. The first-order valence-corrected chi connectivity index (χ1v) is 9.87. The van der Waals surface area contributed by atoms with Crippen molar-refractivity contribution in [2.24, 2.45) is 0 Å². The van der Waals surface area contributed by atoms with E-state index in [-0.39, 0.29) is 12.0 Å². The summed E-state index contributed by atoms with van der Waals surface area (Å²) in [6.07, 6.45) is 5.50. The molecule has 3 aromatic heterocycles. The molecule has 4 aromatic rings. The number of fused-ring (bicyclic) bond motifs is 1. The van der Waals surface area contributed by atoms with Gasteiger partial charge in [-0.05, 0) is 44.2 Å². The molecule has 0 spiro atoms. The maximum atomic E-state index is 12.8. The van der Waals surface area contributed by atoms with Gasteiger partial charge in [-0.25, -0.2) is 9.97 Å². The first-order valence-electron chi connectivity index (χ1n) is 9.87. The van der Waals surface area contributed by atoms with Crippen LogP contribution in [-0.4, -0.2) is 22.0 Å². The molecular formula is C24H23N4O2+. The quantitative estimate of drug-likeness (QED) is 0.534. The number of benzene rings is 1. The lowest BCUT2D eigenvalue weighted by Crippen LogP contribution is -2.24. The summed E-state index contributed by atoms with van der Waals surface area (Å²) in [5.74, 6) is 0.531. The van der Waals surface area contributed by atoms with Gasteiger partial charge in [0.1, 0.15) is 11.4 Å². The van der Waals surface area contributed by atoms with Gasteiger partial charge in [0.15, 0.2) is 12.4 Å². The van der Waals surface area contributed by atoms with Gasteiger partial charge in [-0.2, -0.15) is 0 Å². The number of aromatic amines is 1.